The van der Waals surface area contributed by atoms with Gasteiger partial charge in [0.2, 0.25) is 5.91 Å². The minimum atomic E-state index is -0.771. The highest BCUT2D eigenvalue weighted by Gasteiger charge is 2.29. The normalized spacial score (nSPS) is 20.2. The predicted molar refractivity (Wildman–Crippen MR) is 89.6 cm³/mol. The van der Waals surface area contributed by atoms with Gasteiger partial charge in [-0.2, -0.15) is 0 Å². The number of carbonyl (C=O) groups is 3. The molecule has 6 nitrogen and oxygen atoms in total. The van der Waals surface area contributed by atoms with Crippen LogP contribution in [0.1, 0.15) is 41.6 Å². The molecule has 130 valence electrons. The van der Waals surface area contributed by atoms with E-state index in [-0.39, 0.29) is 23.7 Å². The van der Waals surface area contributed by atoms with Crippen molar-refractivity contribution in [3.63, 3.8) is 0 Å². The molecule has 1 aromatic carbocycles. The average Bonchev–Trinajstić information content (AvgIpc) is 2.58. The first-order valence-electron chi connectivity index (χ1n) is 8.32. The second kappa shape index (κ2) is 8.47. The van der Waals surface area contributed by atoms with Gasteiger partial charge >= 0.3 is 5.97 Å². The molecular weight excluding hydrogens is 308 g/mol. The fourth-order valence-corrected chi connectivity index (χ4v) is 3.00. The van der Waals surface area contributed by atoms with Crippen molar-refractivity contribution in [1.82, 2.24) is 10.6 Å². The minimum Gasteiger partial charge on any atom is -0.481 e. The molecule has 0 atom stereocenters. The topological polar surface area (TPSA) is 95.5 Å². The van der Waals surface area contributed by atoms with Gasteiger partial charge in [-0.15, -0.1) is 0 Å². The second-order valence-corrected chi connectivity index (χ2v) is 6.30. The van der Waals surface area contributed by atoms with Crippen LogP contribution < -0.4 is 10.6 Å². The van der Waals surface area contributed by atoms with Gasteiger partial charge in [0, 0.05) is 24.6 Å². The number of carbonyl (C=O) groups excluding carboxylic acids is 2. The summed E-state index contributed by atoms with van der Waals surface area (Å²) in [5, 5.41) is 14.5. The highest BCUT2D eigenvalue weighted by molar-refractivity contribution is 5.94. The first-order valence-corrected chi connectivity index (χ1v) is 8.32. The molecule has 0 radical (unpaired) electrons. The van der Waals surface area contributed by atoms with Gasteiger partial charge in [0.25, 0.3) is 5.91 Å². The van der Waals surface area contributed by atoms with Crippen molar-refractivity contribution in [2.24, 2.45) is 11.8 Å². The molecule has 6 heteroatoms. The fourth-order valence-electron chi connectivity index (χ4n) is 3.00. The van der Waals surface area contributed by atoms with Crippen LogP contribution in [0.3, 0.4) is 0 Å². The van der Waals surface area contributed by atoms with Gasteiger partial charge in [-0.3, -0.25) is 14.4 Å². The first-order chi connectivity index (χ1) is 11.5. The van der Waals surface area contributed by atoms with Gasteiger partial charge in [0.05, 0.1) is 5.92 Å². The third-order valence-electron chi connectivity index (χ3n) is 4.44. The summed E-state index contributed by atoms with van der Waals surface area (Å²) in [6.07, 6.45) is 2.33. The van der Waals surface area contributed by atoms with E-state index in [2.05, 4.69) is 10.6 Å². The zero-order valence-electron chi connectivity index (χ0n) is 13.9. The van der Waals surface area contributed by atoms with E-state index in [0.29, 0.717) is 44.3 Å². The lowest BCUT2D eigenvalue weighted by atomic mass is 9.81. The Kier molecular flexibility index (Phi) is 6.35. The maximum atomic E-state index is 12.1. The summed E-state index contributed by atoms with van der Waals surface area (Å²) >= 11 is 0. The van der Waals surface area contributed by atoms with Crippen LogP contribution in [0, 0.1) is 18.8 Å². The van der Waals surface area contributed by atoms with Crippen molar-refractivity contribution in [2.75, 3.05) is 13.1 Å². The molecule has 0 saturated heterocycles. The summed E-state index contributed by atoms with van der Waals surface area (Å²) in [6.45, 7) is 2.66. The number of nitrogens with one attached hydrogen (secondary N) is 2. The monoisotopic (exact) mass is 332 g/mol. The van der Waals surface area contributed by atoms with Crippen LogP contribution >= 0.6 is 0 Å². The first kappa shape index (κ1) is 18.0. The molecule has 2 rings (SSSR count). The Balaban J connectivity index is 1.66. The van der Waals surface area contributed by atoms with E-state index >= 15 is 0 Å². The number of amides is 2. The number of hydrogen-bond acceptors (Lipinski definition) is 3. The Labute approximate surface area is 141 Å². The van der Waals surface area contributed by atoms with E-state index in [4.69, 9.17) is 5.11 Å². The van der Waals surface area contributed by atoms with Crippen molar-refractivity contribution in [3.8, 4) is 0 Å². The highest BCUT2D eigenvalue weighted by atomic mass is 16.4. The van der Waals surface area contributed by atoms with Crippen LogP contribution in [0.5, 0.6) is 0 Å². The van der Waals surface area contributed by atoms with Gasteiger partial charge in [0.15, 0.2) is 0 Å². The Morgan fingerprint density at radius 2 is 1.67 bits per heavy atom. The number of hydrogen-bond donors (Lipinski definition) is 3. The van der Waals surface area contributed by atoms with Gasteiger partial charge in [-0.05, 0) is 44.7 Å². The Morgan fingerprint density at radius 1 is 1.04 bits per heavy atom. The maximum absolute atomic E-state index is 12.1. The smallest absolute Gasteiger partial charge is 0.306 e. The van der Waals surface area contributed by atoms with Crippen LogP contribution in [0.25, 0.3) is 0 Å². The molecule has 3 N–H and O–H groups in total. The molecule has 1 aromatic rings. The highest BCUT2D eigenvalue weighted by Crippen LogP contribution is 2.28. The van der Waals surface area contributed by atoms with Crippen LogP contribution in [0.15, 0.2) is 24.3 Å². The number of carboxylic acid groups (broad SMARTS) is 1. The average molecular weight is 332 g/mol. The second-order valence-electron chi connectivity index (χ2n) is 6.30. The standard InChI is InChI=1S/C18H24N2O4/c1-12-3-2-4-15(11-12)17(22)20-10-9-19-16(21)13-5-7-14(8-6-13)18(23)24/h2-4,11,13-14H,5-10H2,1H3,(H,19,21)(H,20,22)(H,23,24). The molecule has 0 aliphatic heterocycles. The molecule has 0 heterocycles. The quantitative estimate of drug-likeness (QED) is 0.691. The Morgan fingerprint density at radius 3 is 2.29 bits per heavy atom. The Bertz CT molecular complexity index is 607. The third kappa shape index (κ3) is 5.08. The fraction of sp³-hybridized carbons (Fsp3) is 0.500. The number of rotatable bonds is 6. The van der Waals surface area contributed by atoms with Gasteiger partial charge in [0.1, 0.15) is 0 Å². The molecule has 2 amide bonds. The summed E-state index contributed by atoms with van der Waals surface area (Å²) in [5.74, 6) is -1.41. The lowest BCUT2D eigenvalue weighted by Crippen LogP contribution is -2.39. The molecule has 0 aromatic heterocycles. The number of aryl methyl sites for hydroxylation is 1. The van der Waals surface area contributed by atoms with Crippen molar-refractivity contribution < 1.29 is 19.5 Å². The SMILES string of the molecule is Cc1cccc(C(=O)NCCNC(=O)C2CCC(C(=O)O)CC2)c1. The number of aliphatic carboxylic acids is 1. The van der Waals surface area contributed by atoms with Crippen molar-refractivity contribution in [3.05, 3.63) is 35.4 Å². The summed E-state index contributed by atoms with van der Waals surface area (Å²) in [5.41, 5.74) is 1.63. The molecule has 1 aliphatic carbocycles. The molecule has 1 aliphatic rings. The van der Waals surface area contributed by atoms with Crippen molar-refractivity contribution in [1.29, 1.82) is 0 Å². The Hall–Kier alpha value is -2.37. The van der Waals surface area contributed by atoms with Crippen LogP contribution in [0.4, 0.5) is 0 Å². The van der Waals surface area contributed by atoms with Crippen LogP contribution in [0.2, 0.25) is 0 Å². The largest absolute Gasteiger partial charge is 0.481 e. The molecule has 0 bridgehead atoms. The minimum absolute atomic E-state index is 0.0522. The zero-order valence-corrected chi connectivity index (χ0v) is 13.9. The van der Waals surface area contributed by atoms with Crippen molar-refractivity contribution >= 4 is 17.8 Å². The van der Waals surface area contributed by atoms with E-state index in [1.54, 1.807) is 6.07 Å². The lowest BCUT2D eigenvalue weighted by Gasteiger charge is -2.25. The number of carboxylic acids is 1. The van der Waals surface area contributed by atoms with Gasteiger partial charge in [-0.1, -0.05) is 17.7 Å². The predicted octanol–water partition coefficient (Wildman–Crippen LogP) is 1.73. The number of benzene rings is 1. The summed E-state index contributed by atoms with van der Waals surface area (Å²) in [6, 6.07) is 7.33. The summed E-state index contributed by atoms with van der Waals surface area (Å²) in [7, 11) is 0. The lowest BCUT2D eigenvalue weighted by molar-refractivity contribution is -0.144. The van der Waals surface area contributed by atoms with Crippen LogP contribution in [-0.4, -0.2) is 36.0 Å². The van der Waals surface area contributed by atoms with Crippen LogP contribution in [-0.2, 0) is 9.59 Å². The summed E-state index contributed by atoms with van der Waals surface area (Å²) in [4.78, 5) is 34.9. The molecule has 24 heavy (non-hydrogen) atoms. The van der Waals surface area contributed by atoms with E-state index in [1.807, 2.05) is 25.1 Å². The van der Waals surface area contributed by atoms with Gasteiger partial charge in [-0.25, -0.2) is 0 Å². The molecule has 1 saturated carbocycles. The third-order valence-corrected chi connectivity index (χ3v) is 4.44. The van der Waals surface area contributed by atoms with Crippen molar-refractivity contribution in [2.45, 2.75) is 32.6 Å². The molecular formula is C18H24N2O4. The molecule has 0 unspecified atom stereocenters. The van der Waals surface area contributed by atoms with E-state index in [9.17, 15) is 14.4 Å². The van der Waals surface area contributed by atoms with E-state index < -0.39 is 5.97 Å². The summed E-state index contributed by atoms with van der Waals surface area (Å²) < 4.78 is 0. The zero-order chi connectivity index (χ0) is 17.5. The van der Waals surface area contributed by atoms with E-state index in [0.717, 1.165) is 5.56 Å². The molecule has 0 spiro atoms. The van der Waals surface area contributed by atoms with Gasteiger partial charge < -0.3 is 15.7 Å². The van der Waals surface area contributed by atoms with E-state index in [1.165, 1.54) is 0 Å². The molecule has 1 fully saturated rings. The maximum Gasteiger partial charge on any atom is 0.306 e.